The number of aromatic nitrogens is 3. The van der Waals surface area contributed by atoms with E-state index in [2.05, 4.69) is 26.2 Å². The molecule has 0 fully saturated rings. The molecule has 1 aromatic carbocycles. The average Bonchev–Trinajstić information content (AvgIpc) is 3.21. The van der Waals surface area contributed by atoms with Gasteiger partial charge < -0.3 is 11.1 Å². The smallest absolute Gasteiger partial charge is 0.336 e. The molecule has 0 aliphatic carbocycles. The Kier molecular flexibility index (Phi) is 5.75. The molecule has 0 radical (unpaired) electrons. The minimum atomic E-state index is -0.481. The molecule has 1 amide bonds. The van der Waals surface area contributed by atoms with Crippen LogP contribution >= 0.6 is 27.3 Å². The van der Waals surface area contributed by atoms with Gasteiger partial charge in [0.05, 0.1) is 6.54 Å². The van der Waals surface area contributed by atoms with E-state index in [1.54, 1.807) is 25.3 Å². The number of halogens is 1. The first-order chi connectivity index (χ1) is 14.8. The topological polar surface area (TPSA) is 111 Å². The van der Waals surface area contributed by atoms with Crippen molar-refractivity contribution in [3.05, 3.63) is 95.7 Å². The molecule has 0 saturated heterocycles. The van der Waals surface area contributed by atoms with E-state index in [-0.39, 0.29) is 24.6 Å². The molecule has 0 unspecified atom stereocenters. The maximum Gasteiger partial charge on any atom is 0.336 e. The van der Waals surface area contributed by atoms with Crippen molar-refractivity contribution >= 4 is 43.8 Å². The van der Waals surface area contributed by atoms with E-state index in [1.165, 1.54) is 15.2 Å². The van der Waals surface area contributed by atoms with Crippen molar-refractivity contribution in [2.24, 2.45) is 0 Å². The van der Waals surface area contributed by atoms with Gasteiger partial charge in [-0.2, -0.15) is 0 Å². The summed E-state index contributed by atoms with van der Waals surface area (Å²) in [4.78, 5) is 43.2. The van der Waals surface area contributed by atoms with Crippen LogP contribution in [0.25, 0.3) is 4.83 Å². The van der Waals surface area contributed by atoms with E-state index in [4.69, 9.17) is 5.73 Å². The van der Waals surface area contributed by atoms with Crippen LogP contribution in [0.3, 0.4) is 0 Å². The number of nitrogens with one attached hydrogen (secondary N) is 1. The summed E-state index contributed by atoms with van der Waals surface area (Å²) in [7, 11) is 0. The highest BCUT2D eigenvalue weighted by Gasteiger charge is 2.17. The van der Waals surface area contributed by atoms with Crippen LogP contribution in [-0.4, -0.2) is 19.9 Å². The Bertz CT molecular complexity index is 1410. The SMILES string of the molecule is Cc1c(=O)n(Cc2ccc(Br)cc2)c(=O)n2cc(C(=O)NCc3ccnc(N)c3)sc12. The summed E-state index contributed by atoms with van der Waals surface area (Å²) in [5.41, 5.74) is 6.86. The quantitative estimate of drug-likeness (QED) is 0.438. The lowest BCUT2D eigenvalue weighted by atomic mass is 10.2. The minimum absolute atomic E-state index is 0.148. The Hall–Kier alpha value is -3.24. The summed E-state index contributed by atoms with van der Waals surface area (Å²) in [6.45, 7) is 2.08. The van der Waals surface area contributed by atoms with Crippen LogP contribution in [0.1, 0.15) is 26.4 Å². The minimum Gasteiger partial charge on any atom is -0.384 e. The molecular formula is C21H18BrN5O3S. The van der Waals surface area contributed by atoms with Gasteiger partial charge in [0.1, 0.15) is 15.5 Å². The summed E-state index contributed by atoms with van der Waals surface area (Å²) in [5, 5.41) is 2.80. The molecule has 0 aliphatic heterocycles. The van der Waals surface area contributed by atoms with Gasteiger partial charge in [-0.25, -0.2) is 9.78 Å². The Morgan fingerprint density at radius 1 is 1.19 bits per heavy atom. The second-order valence-corrected chi connectivity index (χ2v) is 8.91. The molecule has 0 spiro atoms. The van der Waals surface area contributed by atoms with Crippen LogP contribution in [-0.2, 0) is 13.1 Å². The monoisotopic (exact) mass is 499 g/mol. The molecule has 0 aliphatic rings. The van der Waals surface area contributed by atoms with Gasteiger partial charge in [-0.05, 0) is 42.3 Å². The van der Waals surface area contributed by atoms with Gasteiger partial charge in [0.25, 0.3) is 11.5 Å². The molecule has 31 heavy (non-hydrogen) atoms. The van der Waals surface area contributed by atoms with Gasteiger partial charge in [0.2, 0.25) is 0 Å². The second-order valence-electron chi connectivity index (χ2n) is 6.97. The first-order valence-electron chi connectivity index (χ1n) is 9.32. The number of hydrogen-bond acceptors (Lipinski definition) is 6. The third-order valence-corrected chi connectivity index (χ3v) is 6.51. The van der Waals surface area contributed by atoms with Crippen LogP contribution in [0.4, 0.5) is 5.82 Å². The number of benzene rings is 1. The van der Waals surface area contributed by atoms with Gasteiger partial charge >= 0.3 is 5.69 Å². The van der Waals surface area contributed by atoms with E-state index in [0.717, 1.165) is 26.9 Å². The second kappa shape index (κ2) is 8.48. The number of thiazole rings is 1. The van der Waals surface area contributed by atoms with Crippen molar-refractivity contribution in [2.45, 2.75) is 20.0 Å². The zero-order chi connectivity index (χ0) is 22.1. The third-order valence-electron chi connectivity index (χ3n) is 4.77. The third kappa shape index (κ3) is 4.30. The zero-order valence-corrected chi connectivity index (χ0v) is 18.9. The zero-order valence-electron chi connectivity index (χ0n) is 16.5. The predicted octanol–water partition coefficient (Wildman–Crippen LogP) is 2.55. The largest absolute Gasteiger partial charge is 0.384 e. The first kappa shape index (κ1) is 21.0. The molecule has 8 nitrogen and oxygen atoms in total. The van der Waals surface area contributed by atoms with Crippen LogP contribution < -0.4 is 22.3 Å². The van der Waals surface area contributed by atoms with Crippen molar-refractivity contribution in [1.82, 2.24) is 19.3 Å². The summed E-state index contributed by atoms with van der Waals surface area (Å²) in [6.07, 6.45) is 3.04. The number of carbonyl (C=O) groups is 1. The standard InChI is InChI=1S/C21H18BrN5O3S/c1-12-19(29)26(10-13-2-4-15(22)5-3-13)21(30)27-11-16(31-20(12)27)18(28)25-9-14-6-7-24-17(23)8-14/h2-8,11H,9-10H2,1H3,(H2,23,24)(H,25,28). The number of hydrogen-bond donors (Lipinski definition) is 2. The molecule has 4 rings (SSSR count). The number of pyridine rings is 1. The predicted molar refractivity (Wildman–Crippen MR) is 124 cm³/mol. The van der Waals surface area contributed by atoms with Gasteiger partial charge in [-0.1, -0.05) is 28.1 Å². The Labute approximate surface area is 189 Å². The molecule has 158 valence electrons. The number of nitrogens with two attached hydrogens (primary N) is 1. The molecule has 3 N–H and O–H groups in total. The number of rotatable bonds is 5. The van der Waals surface area contributed by atoms with Crippen molar-refractivity contribution < 1.29 is 4.79 Å². The Morgan fingerprint density at radius 3 is 2.65 bits per heavy atom. The average molecular weight is 500 g/mol. The van der Waals surface area contributed by atoms with Crippen LogP contribution in [0.2, 0.25) is 0 Å². The van der Waals surface area contributed by atoms with E-state index in [0.29, 0.717) is 21.1 Å². The molecule has 3 aromatic heterocycles. The number of carbonyl (C=O) groups excluding carboxylic acids is 1. The van der Waals surface area contributed by atoms with Crippen molar-refractivity contribution in [2.75, 3.05) is 5.73 Å². The van der Waals surface area contributed by atoms with Crippen molar-refractivity contribution in [3.8, 4) is 0 Å². The van der Waals surface area contributed by atoms with Crippen molar-refractivity contribution in [3.63, 3.8) is 0 Å². The molecule has 0 saturated carbocycles. The van der Waals surface area contributed by atoms with E-state index in [1.807, 2.05) is 24.3 Å². The molecule has 0 bridgehead atoms. The van der Waals surface area contributed by atoms with Gasteiger partial charge in [0, 0.05) is 29.0 Å². The van der Waals surface area contributed by atoms with E-state index >= 15 is 0 Å². The number of nitrogens with zero attached hydrogens (tertiary/aromatic N) is 3. The maximum absolute atomic E-state index is 13.0. The summed E-state index contributed by atoms with van der Waals surface area (Å²) >= 11 is 4.48. The molecule has 0 atom stereocenters. The number of fused-ring (bicyclic) bond motifs is 1. The molecule has 10 heteroatoms. The number of aryl methyl sites for hydroxylation is 1. The highest BCUT2D eigenvalue weighted by atomic mass is 79.9. The molecule has 3 heterocycles. The lowest BCUT2D eigenvalue weighted by Crippen LogP contribution is -2.38. The highest BCUT2D eigenvalue weighted by Crippen LogP contribution is 2.19. The van der Waals surface area contributed by atoms with E-state index < -0.39 is 5.69 Å². The highest BCUT2D eigenvalue weighted by molar-refractivity contribution is 9.10. The fourth-order valence-electron chi connectivity index (χ4n) is 3.16. The maximum atomic E-state index is 13.0. The Morgan fingerprint density at radius 2 is 1.94 bits per heavy atom. The number of nitrogen functional groups attached to an aromatic ring is 1. The van der Waals surface area contributed by atoms with E-state index in [9.17, 15) is 14.4 Å². The Balaban J connectivity index is 1.65. The van der Waals surface area contributed by atoms with Gasteiger partial charge in [-0.3, -0.25) is 18.6 Å². The van der Waals surface area contributed by atoms with Crippen LogP contribution in [0.15, 0.2) is 62.9 Å². The molecular weight excluding hydrogens is 482 g/mol. The summed E-state index contributed by atoms with van der Waals surface area (Å²) in [6, 6.07) is 10.8. The van der Waals surface area contributed by atoms with Gasteiger partial charge in [0.15, 0.2) is 0 Å². The van der Waals surface area contributed by atoms with Crippen LogP contribution in [0.5, 0.6) is 0 Å². The van der Waals surface area contributed by atoms with Gasteiger partial charge in [-0.15, -0.1) is 11.3 Å². The van der Waals surface area contributed by atoms with Crippen molar-refractivity contribution in [1.29, 1.82) is 0 Å². The van der Waals surface area contributed by atoms with Crippen LogP contribution in [0, 0.1) is 6.92 Å². The summed E-state index contributed by atoms with van der Waals surface area (Å²) in [5.74, 6) is 0.0314. The fourth-order valence-corrected chi connectivity index (χ4v) is 4.42. The lowest BCUT2D eigenvalue weighted by molar-refractivity contribution is 0.0954. The number of amides is 1. The normalized spacial score (nSPS) is 11.0. The number of anilines is 1. The fraction of sp³-hybridized carbons (Fsp3) is 0.143. The first-order valence-corrected chi connectivity index (χ1v) is 10.9. The summed E-state index contributed by atoms with van der Waals surface area (Å²) < 4.78 is 3.45. The lowest BCUT2D eigenvalue weighted by Gasteiger charge is -2.07. The molecule has 4 aromatic rings.